The Balaban J connectivity index is 1.91. The van der Waals surface area contributed by atoms with Crippen LogP contribution in [-0.4, -0.2) is 37.6 Å². The summed E-state index contributed by atoms with van der Waals surface area (Å²) in [6.45, 7) is 3.87. The number of nitrogen functional groups attached to an aromatic ring is 1. The van der Waals surface area contributed by atoms with Gasteiger partial charge in [-0.2, -0.15) is 0 Å². The van der Waals surface area contributed by atoms with Crippen molar-refractivity contribution in [3.63, 3.8) is 0 Å². The van der Waals surface area contributed by atoms with Crippen LogP contribution in [-0.2, 0) is 4.74 Å². The Morgan fingerprint density at radius 3 is 2.85 bits per heavy atom. The molecule has 4 nitrogen and oxygen atoms in total. The maximum absolute atomic E-state index is 12.4. The molecule has 0 aliphatic heterocycles. The molecule has 1 amide bonds. The van der Waals surface area contributed by atoms with Crippen molar-refractivity contribution in [1.82, 2.24) is 4.90 Å². The summed E-state index contributed by atoms with van der Waals surface area (Å²) in [4.78, 5) is 14.1. The topological polar surface area (TPSA) is 55.6 Å². The summed E-state index contributed by atoms with van der Waals surface area (Å²) in [5.74, 6) is 0.730. The summed E-state index contributed by atoms with van der Waals surface area (Å²) in [5.41, 5.74) is 7.99. The first-order chi connectivity index (χ1) is 9.49. The van der Waals surface area contributed by atoms with Crippen molar-refractivity contribution < 1.29 is 9.53 Å². The molecule has 20 heavy (non-hydrogen) atoms. The molecule has 5 heteroatoms. The van der Waals surface area contributed by atoms with Crippen LogP contribution < -0.4 is 5.73 Å². The van der Waals surface area contributed by atoms with Gasteiger partial charge in [0.2, 0.25) is 0 Å². The van der Waals surface area contributed by atoms with E-state index in [-0.39, 0.29) is 5.91 Å². The van der Waals surface area contributed by atoms with Crippen molar-refractivity contribution in [2.24, 2.45) is 5.92 Å². The minimum absolute atomic E-state index is 0.0227. The fraction of sp³-hybridized carbons (Fsp3) is 0.533. The maximum Gasteiger partial charge on any atom is 0.254 e. The number of rotatable bonds is 6. The van der Waals surface area contributed by atoms with Gasteiger partial charge in [-0.05, 0) is 43.4 Å². The highest BCUT2D eigenvalue weighted by Crippen LogP contribution is 2.28. The van der Waals surface area contributed by atoms with Crippen LogP contribution in [0, 0.1) is 12.8 Å². The van der Waals surface area contributed by atoms with Crippen LogP contribution in [0.3, 0.4) is 0 Å². The van der Waals surface area contributed by atoms with E-state index in [0.29, 0.717) is 24.4 Å². The molecule has 0 unspecified atom stereocenters. The number of hydrogen-bond donors (Lipinski definition) is 1. The average molecular weight is 341 g/mol. The lowest BCUT2D eigenvalue weighted by atomic mass is 10.1. The van der Waals surface area contributed by atoms with E-state index >= 15 is 0 Å². The number of benzene rings is 1. The second-order valence-corrected chi connectivity index (χ2v) is 6.33. The van der Waals surface area contributed by atoms with E-state index in [1.807, 2.05) is 19.1 Å². The summed E-state index contributed by atoms with van der Waals surface area (Å²) < 4.78 is 6.39. The van der Waals surface area contributed by atoms with E-state index in [1.54, 1.807) is 11.9 Å². The fourth-order valence-corrected chi connectivity index (χ4v) is 2.44. The Morgan fingerprint density at radius 1 is 1.50 bits per heavy atom. The molecule has 1 saturated carbocycles. The molecular formula is C15H21BrN2O2. The molecule has 0 heterocycles. The Hall–Kier alpha value is -1.07. The number of hydrogen-bond acceptors (Lipinski definition) is 3. The van der Waals surface area contributed by atoms with E-state index in [1.165, 1.54) is 12.8 Å². The van der Waals surface area contributed by atoms with E-state index in [2.05, 4.69) is 15.9 Å². The summed E-state index contributed by atoms with van der Waals surface area (Å²) in [7, 11) is 1.79. The Kier molecular flexibility index (Phi) is 5.05. The highest BCUT2D eigenvalue weighted by atomic mass is 79.9. The predicted octanol–water partition coefficient (Wildman–Crippen LogP) is 2.84. The number of amides is 1. The minimum Gasteiger partial charge on any atom is -0.398 e. The summed E-state index contributed by atoms with van der Waals surface area (Å²) >= 11 is 3.38. The third-order valence-electron chi connectivity index (χ3n) is 3.61. The molecule has 2 N–H and O–H groups in total. The van der Waals surface area contributed by atoms with Crippen LogP contribution in [0.2, 0.25) is 0 Å². The lowest BCUT2D eigenvalue weighted by Gasteiger charge is -2.19. The zero-order chi connectivity index (χ0) is 14.7. The molecule has 1 aliphatic carbocycles. The third kappa shape index (κ3) is 3.96. The van der Waals surface area contributed by atoms with Crippen LogP contribution in [0.4, 0.5) is 5.69 Å². The van der Waals surface area contributed by atoms with Crippen molar-refractivity contribution in [2.45, 2.75) is 19.8 Å². The number of carbonyl (C=O) groups excluding carboxylic acids is 1. The van der Waals surface area contributed by atoms with Gasteiger partial charge in [0.15, 0.2) is 0 Å². The van der Waals surface area contributed by atoms with Crippen LogP contribution in [0.5, 0.6) is 0 Å². The fourth-order valence-electron chi connectivity index (χ4n) is 1.97. The van der Waals surface area contributed by atoms with Gasteiger partial charge in [0, 0.05) is 35.9 Å². The van der Waals surface area contributed by atoms with Gasteiger partial charge in [-0.15, -0.1) is 0 Å². The monoisotopic (exact) mass is 340 g/mol. The van der Waals surface area contributed by atoms with Crippen molar-refractivity contribution >= 4 is 27.5 Å². The first kappa shape index (κ1) is 15.3. The quantitative estimate of drug-likeness (QED) is 0.639. The summed E-state index contributed by atoms with van der Waals surface area (Å²) in [6.07, 6.45) is 2.57. The first-order valence-corrected chi connectivity index (χ1v) is 7.67. The number of carbonyl (C=O) groups is 1. The van der Waals surface area contributed by atoms with Crippen molar-refractivity contribution in [3.8, 4) is 0 Å². The molecule has 1 aliphatic rings. The first-order valence-electron chi connectivity index (χ1n) is 6.88. The van der Waals surface area contributed by atoms with Crippen molar-refractivity contribution in [1.29, 1.82) is 0 Å². The number of nitrogens with zero attached hydrogens (tertiary/aromatic N) is 1. The van der Waals surface area contributed by atoms with E-state index < -0.39 is 0 Å². The number of halogens is 1. The van der Waals surface area contributed by atoms with Gasteiger partial charge in [0.1, 0.15) is 0 Å². The minimum atomic E-state index is -0.0227. The van der Waals surface area contributed by atoms with Gasteiger partial charge in [-0.1, -0.05) is 15.9 Å². The van der Waals surface area contributed by atoms with Crippen molar-refractivity contribution in [3.05, 3.63) is 27.7 Å². The molecule has 1 aromatic rings. The second kappa shape index (κ2) is 6.59. The van der Waals surface area contributed by atoms with Gasteiger partial charge < -0.3 is 15.4 Å². The highest BCUT2D eigenvalue weighted by Gasteiger charge is 2.21. The molecule has 0 spiro atoms. The molecular weight excluding hydrogens is 320 g/mol. The molecule has 0 atom stereocenters. The number of likely N-dealkylation sites (N-methyl/N-ethyl adjacent to an activating group) is 1. The van der Waals surface area contributed by atoms with Gasteiger partial charge in [0.05, 0.1) is 6.61 Å². The van der Waals surface area contributed by atoms with Gasteiger partial charge in [0.25, 0.3) is 5.91 Å². The molecule has 2 rings (SSSR count). The Labute approximate surface area is 128 Å². The van der Waals surface area contributed by atoms with Gasteiger partial charge in [-0.3, -0.25) is 4.79 Å². The smallest absolute Gasteiger partial charge is 0.254 e. The van der Waals surface area contributed by atoms with Crippen LogP contribution >= 0.6 is 15.9 Å². The van der Waals surface area contributed by atoms with E-state index in [0.717, 1.165) is 22.6 Å². The highest BCUT2D eigenvalue weighted by molar-refractivity contribution is 9.10. The summed E-state index contributed by atoms with van der Waals surface area (Å²) in [6, 6.07) is 3.63. The molecule has 1 fully saturated rings. The molecule has 0 aromatic heterocycles. The number of ether oxygens (including phenoxy) is 1. The van der Waals surface area contributed by atoms with Gasteiger partial charge in [-0.25, -0.2) is 0 Å². The predicted molar refractivity (Wildman–Crippen MR) is 83.8 cm³/mol. The lowest BCUT2D eigenvalue weighted by Crippen LogP contribution is -2.31. The summed E-state index contributed by atoms with van der Waals surface area (Å²) in [5, 5.41) is 0. The second-order valence-electron chi connectivity index (χ2n) is 5.41. The SMILES string of the molecule is Cc1c(N)cc(Br)cc1C(=O)N(C)CCOCC1CC1. The standard InChI is InChI=1S/C15H21BrN2O2/c1-10-13(7-12(16)8-14(10)17)15(19)18(2)5-6-20-9-11-3-4-11/h7-8,11H,3-6,9,17H2,1-2H3. The van der Waals surface area contributed by atoms with Crippen molar-refractivity contribution in [2.75, 3.05) is 32.5 Å². The third-order valence-corrected chi connectivity index (χ3v) is 4.07. The van der Waals surface area contributed by atoms with Crippen LogP contribution in [0.25, 0.3) is 0 Å². The lowest BCUT2D eigenvalue weighted by molar-refractivity contribution is 0.0680. The van der Waals surface area contributed by atoms with Crippen LogP contribution in [0.1, 0.15) is 28.8 Å². The average Bonchev–Trinajstić information content (AvgIpc) is 3.22. The maximum atomic E-state index is 12.4. The Morgan fingerprint density at radius 2 is 2.20 bits per heavy atom. The molecule has 110 valence electrons. The molecule has 0 saturated heterocycles. The van der Waals surface area contributed by atoms with E-state index in [4.69, 9.17) is 10.5 Å². The largest absolute Gasteiger partial charge is 0.398 e. The Bertz CT molecular complexity index is 501. The number of anilines is 1. The zero-order valence-corrected chi connectivity index (χ0v) is 13.6. The zero-order valence-electron chi connectivity index (χ0n) is 12.0. The molecule has 1 aromatic carbocycles. The number of nitrogens with two attached hydrogens (primary N) is 1. The molecule has 0 radical (unpaired) electrons. The van der Waals surface area contributed by atoms with Gasteiger partial charge >= 0.3 is 0 Å². The van der Waals surface area contributed by atoms with E-state index in [9.17, 15) is 4.79 Å². The van der Waals surface area contributed by atoms with Crippen LogP contribution in [0.15, 0.2) is 16.6 Å². The molecule has 0 bridgehead atoms. The normalized spacial score (nSPS) is 14.3.